The molecule has 1 N–H and O–H groups in total. The third kappa shape index (κ3) is 2.01. The Labute approximate surface area is 111 Å². The Morgan fingerprint density at radius 2 is 1.84 bits per heavy atom. The summed E-state index contributed by atoms with van der Waals surface area (Å²) in [6, 6.07) is 9.17. The molecule has 0 fully saturated rings. The number of carbonyl (C=O) groups is 2. The van der Waals surface area contributed by atoms with Gasteiger partial charge in [-0.25, -0.2) is 0 Å². The van der Waals surface area contributed by atoms with Crippen LogP contribution >= 0.6 is 0 Å². The summed E-state index contributed by atoms with van der Waals surface area (Å²) in [6.45, 7) is 0. The van der Waals surface area contributed by atoms with Crippen molar-refractivity contribution in [1.29, 1.82) is 0 Å². The van der Waals surface area contributed by atoms with E-state index < -0.39 is 5.97 Å². The topological polar surface area (TPSA) is 54.4 Å². The molecular weight excluding hydrogens is 240 g/mol. The maximum Gasteiger partial charge on any atom is 0.307 e. The van der Waals surface area contributed by atoms with Crippen molar-refractivity contribution in [1.82, 2.24) is 0 Å². The van der Waals surface area contributed by atoms with Crippen molar-refractivity contribution in [2.75, 3.05) is 0 Å². The summed E-state index contributed by atoms with van der Waals surface area (Å²) < 4.78 is 0. The van der Waals surface area contributed by atoms with Crippen molar-refractivity contribution in [3.63, 3.8) is 0 Å². The summed E-state index contributed by atoms with van der Waals surface area (Å²) in [7, 11) is 0. The lowest BCUT2D eigenvalue weighted by Gasteiger charge is -2.12. The van der Waals surface area contributed by atoms with Gasteiger partial charge in [0, 0.05) is 5.56 Å². The Kier molecular flexibility index (Phi) is 2.82. The number of carboxylic acids is 1. The summed E-state index contributed by atoms with van der Waals surface area (Å²) in [5.74, 6) is -1.33. The van der Waals surface area contributed by atoms with E-state index in [-0.39, 0.29) is 17.6 Å². The molecule has 0 heterocycles. The molecule has 2 aliphatic carbocycles. The van der Waals surface area contributed by atoms with E-state index in [9.17, 15) is 9.59 Å². The number of Topliss-reactive ketones (excluding diaryl/α,β-unsaturated/α-hetero) is 1. The molecule has 2 unspecified atom stereocenters. The van der Waals surface area contributed by atoms with Crippen molar-refractivity contribution in [2.45, 2.75) is 12.8 Å². The molecule has 0 bridgehead atoms. The van der Waals surface area contributed by atoms with E-state index in [2.05, 4.69) is 0 Å². The number of benzene rings is 1. The fourth-order valence-electron chi connectivity index (χ4n) is 2.90. The molecule has 2 aliphatic rings. The lowest BCUT2D eigenvalue weighted by molar-refractivity contribution is -0.141. The average molecular weight is 254 g/mol. The van der Waals surface area contributed by atoms with Crippen LogP contribution < -0.4 is 0 Å². The predicted octanol–water partition coefficient (Wildman–Crippen LogP) is 2.85. The number of allylic oxidation sites excluding steroid dienone is 4. The van der Waals surface area contributed by atoms with E-state index >= 15 is 0 Å². The highest BCUT2D eigenvalue weighted by atomic mass is 16.4. The summed E-state index contributed by atoms with van der Waals surface area (Å²) in [5.41, 5.74) is 2.73. The number of aliphatic carboxylic acids is 1. The van der Waals surface area contributed by atoms with Crippen LogP contribution in [-0.2, 0) is 4.79 Å². The molecule has 1 aromatic rings. The molecule has 0 saturated carbocycles. The molecule has 96 valence electrons. The third-order valence-electron chi connectivity index (χ3n) is 3.90. The van der Waals surface area contributed by atoms with E-state index in [0.29, 0.717) is 18.4 Å². The summed E-state index contributed by atoms with van der Waals surface area (Å²) in [4.78, 5) is 23.5. The Bertz CT molecular complexity index is 596. The van der Waals surface area contributed by atoms with Crippen LogP contribution in [0.3, 0.4) is 0 Å². The van der Waals surface area contributed by atoms with Gasteiger partial charge in [-0.3, -0.25) is 9.59 Å². The molecule has 0 aromatic heterocycles. The average Bonchev–Trinajstić information content (AvgIpc) is 2.98. The van der Waals surface area contributed by atoms with Crippen molar-refractivity contribution in [3.8, 4) is 0 Å². The second-order valence-electron chi connectivity index (χ2n) is 5.06. The van der Waals surface area contributed by atoms with E-state index in [1.54, 1.807) is 12.1 Å². The van der Waals surface area contributed by atoms with Gasteiger partial charge in [-0.05, 0) is 18.4 Å². The molecule has 19 heavy (non-hydrogen) atoms. The van der Waals surface area contributed by atoms with Gasteiger partial charge in [0.25, 0.3) is 0 Å². The van der Waals surface area contributed by atoms with Crippen LogP contribution in [0, 0.1) is 11.8 Å². The zero-order chi connectivity index (χ0) is 13.4. The standard InChI is InChI=1S/C16H14O3/c17-15(10-4-2-1-3-5-10)13-7-6-11-8-12(16(18)19)9-14(11)13/h1-7,12-13H,8-9H2,(H,18,19). The van der Waals surface area contributed by atoms with E-state index in [1.165, 1.54) is 0 Å². The van der Waals surface area contributed by atoms with Gasteiger partial charge in [-0.2, -0.15) is 0 Å². The maximum atomic E-state index is 12.4. The zero-order valence-electron chi connectivity index (χ0n) is 10.4. The Hall–Kier alpha value is -2.16. The molecule has 0 saturated heterocycles. The minimum atomic E-state index is -0.770. The Balaban J connectivity index is 1.83. The smallest absolute Gasteiger partial charge is 0.307 e. The Morgan fingerprint density at radius 1 is 1.11 bits per heavy atom. The number of carbonyl (C=O) groups excluding carboxylic acids is 1. The first-order chi connectivity index (χ1) is 9.16. The molecule has 0 amide bonds. The molecular formula is C16H14O3. The Morgan fingerprint density at radius 3 is 2.53 bits per heavy atom. The molecule has 1 aromatic carbocycles. The SMILES string of the molecule is O=C(O)C1CC2=C(C1)C(C(=O)c1ccccc1)C=C2. The van der Waals surface area contributed by atoms with Crippen LogP contribution in [0.1, 0.15) is 23.2 Å². The van der Waals surface area contributed by atoms with Crippen LogP contribution in [-0.4, -0.2) is 16.9 Å². The first-order valence-corrected chi connectivity index (χ1v) is 6.39. The largest absolute Gasteiger partial charge is 0.481 e. The maximum absolute atomic E-state index is 12.4. The molecule has 0 spiro atoms. The van der Waals surface area contributed by atoms with E-state index in [1.807, 2.05) is 30.4 Å². The van der Waals surface area contributed by atoms with Gasteiger partial charge < -0.3 is 5.11 Å². The molecule has 0 aliphatic heterocycles. The van der Waals surface area contributed by atoms with Crippen LogP contribution in [0.2, 0.25) is 0 Å². The van der Waals surface area contributed by atoms with Gasteiger partial charge in [0.15, 0.2) is 5.78 Å². The molecule has 0 radical (unpaired) electrons. The first-order valence-electron chi connectivity index (χ1n) is 6.39. The van der Waals surface area contributed by atoms with Crippen molar-refractivity contribution in [2.24, 2.45) is 11.8 Å². The second kappa shape index (κ2) is 4.50. The van der Waals surface area contributed by atoms with E-state index in [4.69, 9.17) is 5.11 Å². The molecule has 3 rings (SSSR count). The lowest BCUT2D eigenvalue weighted by atomic mass is 9.90. The monoisotopic (exact) mass is 254 g/mol. The van der Waals surface area contributed by atoms with Gasteiger partial charge in [-0.1, -0.05) is 48.1 Å². The molecule has 3 heteroatoms. The normalized spacial score (nSPS) is 24.6. The van der Waals surface area contributed by atoms with Gasteiger partial charge in [0.1, 0.15) is 0 Å². The number of hydrogen-bond donors (Lipinski definition) is 1. The van der Waals surface area contributed by atoms with Gasteiger partial charge in [0.05, 0.1) is 11.8 Å². The van der Waals surface area contributed by atoms with Crippen LogP contribution in [0.15, 0.2) is 53.6 Å². The predicted molar refractivity (Wildman–Crippen MR) is 70.8 cm³/mol. The van der Waals surface area contributed by atoms with Crippen LogP contribution in [0.5, 0.6) is 0 Å². The van der Waals surface area contributed by atoms with Crippen molar-refractivity contribution in [3.05, 3.63) is 59.2 Å². The van der Waals surface area contributed by atoms with Gasteiger partial charge in [-0.15, -0.1) is 0 Å². The first kappa shape index (κ1) is 11.9. The minimum absolute atomic E-state index is 0.0629. The number of carboxylic acid groups (broad SMARTS) is 1. The highest BCUT2D eigenvalue weighted by molar-refractivity contribution is 6.01. The molecule has 3 nitrogen and oxygen atoms in total. The summed E-state index contributed by atoms with van der Waals surface area (Å²) >= 11 is 0. The fourth-order valence-corrected chi connectivity index (χ4v) is 2.90. The second-order valence-corrected chi connectivity index (χ2v) is 5.06. The quantitative estimate of drug-likeness (QED) is 0.844. The third-order valence-corrected chi connectivity index (χ3v) is 3.90. The number of hydrogen-bond acceptors (Lipinski definition) is 2. The lowest BCUT2D eigenvalue weighted by Crippen LogP contribution is -2.16. The molecule has 2 atom stereocenters. The minimum Gasteiger partial charge on any atom is -0.481 e. The van der Waals surface area contributed by atoms with Gasteiger partial charge >= 0.3 is 5.97 Å². The van der Waals surface area contributed by atoms with Crippen molar-refractivity contribution < 1.29 is 14.7 Å². The fraction of sp³-hybridized carbons (Fsp3) is 0.250. The van der Waals surface area contributed by atoms with Crippen molar-refractivity contribution >= 4 is 11.8 Å². The summed E-state index contributed by atoms with van der Waals surface area (Å²) in [6.07, 6.45) is 4.88. The van der Waals surface area contributed by atoms with Crippen LogP contribution in [0.4, 0.5) is 0 Å². The van der Waals surface area contributed by atoms with Gasteiger partial charge in [0.2, 0.25) is 0 Å². The zero-order valence-corrected chi connectivity index (χ0v) is 10.4. The van der Waals surface area contributed by atoms with E-state index in [0.717, 1.165) is 11.1 Å². The summed E-state index contributed by atoms with van der Waals surface area (Å²) in [5, 5.41) is 9.07. The number of rotatable bonds is 3. The number of ketones is 1. The highest BCUT2D eigenvalue weighted by Gasteiger charge is 2.36. The highest BCUT2D eigenvalue weighted by Crippen LogP contribution is 2.42. The van der Waals surface area contributed by atoms with Crippen LogP contribution in [0.25, 0.3) is 0 Å².